The molecular formula is C12H12N2O3S. The van der Waals surface area contributed by atoms with Gasteiger partial charge in [-0.25, -0.2) is 9.78 Å². The number of carboxylic acids is 1. The van der Waals surface area contributed by atoms with Crippen LogP contribution < -0.4 is 10.5 Å². The summed E-state index contributed by atoms with van der Waals surface area (Å²) in [7, 11) is 1.53. The Morgan fingerprint density at radius 1 is 1.50 bits per heavy atom. The van der Waals surface area contributed by atoms with Gasteiger partial charge >= 0.3 is 5.97 Å². The van der Waals surface area contributed by atoms with Crippen LogP contribution in [0.1, 0.15) is 15.2 Å². The Hall–Kier alpha value is -2.08. The first-order chi connectivity index (χ1) is 8.52. The third kappa shape index (κ3) is 2.14. The molecular weight excluding hydrogens is 252 g/mol. The van der Waals surface area contributed by atoms with Crippen LogP contribution in [0.15, 0.2) is 18.2 Å². The normalized spacial score (nSPS) is 10.3. The second kappa shape index (κ2) is 4.66. The van der Waals surface area contributed by atoms with E-state index >= 15 is 0 Å². The molecule has 1 heterocycles. The lowest BCUT2D eigenvalue weighted by atomic mass is 10.1. The molecule has 94 valence electrons. The van der Waals surface area contributed by atoms with Gasteiger partial charge in [-0.05, 0) is 19.1 Å². The van der Waals surface area contributed by atoms with Gasteiger partial charge in [-0.15, -0.1) is 0 Å². The van der Waals surface area contributed by atoms with E-state index in [2.05, 4.69) is 4.98 Å². The van der Waals surface area contributed by atoms with E-state index in [9.17, 15) is 4.79 Å². The molecule has 3 N–H and O–H groups in total. The minimum Gasteiger partial charge on any atom is -0.496 e. The molecule has 0 amide bonds. The van der Waals surface area contributed by atoms with Crippen LogP contribution in [0.2, 0.25) is 0 Å². The number of carboxylic acid groups (broad SMARTS) is 1. The standard InChI is InChI=1S/C12H12N2O3S/c1-6-3-4-8(17-2)7(5-6)9-10(11(15)16)18-12(13)14-9/h3-5H,1-2H3,(H2,13,14)(H,15,16). The van der Waals surface area contributed by atoms with E-state index in [1.165, 1.54) is 7.11 Å². The van der Waals surface area contributed by atoms with E-state index in [0.717, 1.165) is 16.9 Å². The Bertz CT molecular complexity index is 607. The summed E-state index contributed by atoms with van der Waals surface area (Å²) in [6.07, 6.45) is 0. The number of nitrogen functional groups attached to an aromatic ring is 1. The Morgan fingerprint density at radius 2 is 2.22 bits per heavy atom. The molecule has 1 aromatic carbocycles. The molecule has 0 aliphatic heterocycles. The van der Waals surface area contributed by atoms with Crippen molar-refractivity contribution in [2.24, 2.45) is 0 Å². The van der Waals surface area contributed by atoms with Crippen LogP contribution in [0.5, 0.6) is 5.75 Å². The summed E-state index contributed by atoms with van der Waals surface area (Å²) in [5, 5.41) is 9.37. The van der Waals surface area contributed by atoms with E-state index in [-0.39, 0.29) is 10.0 Å². The number of benzene rings is 1. The Kier molecular flexibility index (Phi) is 3.20. The molecule has 0 aliphatic rings. The zero-order chi connectivity index (χ0) is 13.3. The maximum Gasteiger partial charge on any atom is 0.348 e. The highest BCUT2D eigenvalue weighted by molar-refractivity contribution is 7.17. The molecule has 0 spiro atoms. The van der Waals surface area contributed by atoms with Gasteiger partial charge < -0.3 is 15.6 Å². The highest BCUT2D eigenvalue weighted by Crippen LogP contribution is 2.35. The molecule has 6 heteroatoms. The van der Waals surface area contributed by atoms with Gasteiger partial charge in [0.1, 0.15) is 16.3 Å². The Labute approximate surface area is 108 Å². The molecule has 0 fully saturated rings. The number of nitrogens with two attached hydrogens (primary N) is 1. The summed E-state index contributed by atoms with van der Waals surface area (Å²) >= 11 is 0.954. The molecule has 2 rings (SSSR count). The van der Waals surface area contributed by atoms with E-state index < -0.39 is 5.97 Å². The highest BCUT2D eigenvalue weighted by Gasteiger charge is 2.20. The van der Waals surface area contributed by atoms with E-state index in [4.69, 9.17) is 15.6 Å². The van der Waals surface area contributed by atoms with Crippen molar-refractivity contribution in [1.82, 2.24) is 4.98 Å². The number of nitrogens with zero attached hydrogens (tertiary/aromatic N) is 1. The number of anilines is 1. The fourth-order valence-electron chi connectivity index (χ4n) is 1.67. The molecule has 0 saturated heterocycles. The molecule has 0 unspecified atom stereocenters. The number of aromatic carboxylic acids is 1. The lowest BCUT2D eigenvalue weighted by Crippen LogP contribution is -1.97. The van der Waals surface area contributed by atoms with Gasteiger partial charge in [0, 0.05) is 5.56 Å². The number of carbonyl (C=O) groups is 1. The maximum atomic E-state index is 11.2. The number of hydrogen-bond acceptors (Lipinski definition) is 5. The zero-order valence-electron chi connectivity index (χ0n) is 9.93. The molecule has 1 aromatic heterocycles. The lowest BCUT2D eigenvalue weighted by molar-refractivity contribution is 0.0702. The molecule has 0 saturated carbocycles. The first-order valence-electron chi connectivity index (χ1n) is 5.17. The highest BCUT2D eigenvalue weighted by atomic mass is 32.1. The van der Waals surface area contributed by atoms with Gasteiger partial charge in [-0.1, -0.05) is 23.0 Å². The molecule has 0 radical (unpaired) electrons. The average Bonchev–Trinajstić information content (AvgIpc) is 2.71. The number of aromatic nitrogens is 1. The third-order valence-electron chi connectivity index (χ3n) is 2.45. The first-order valence-corrected chi connectivity index (χ1v) is 5.99. The van der Waals surface area contributed by atoms with Crippen molar-refractivity contribution < 1.29 is 14.6 Å². The number of aryl methyl sites for hydroxylation is 1. The van der Waals surface area contributed by atoms with Crippen molar-refractivity contribution in [3.63, 3.8) is 0 Å². The van der Waals surface area contributed by atoms with Crippen LogP contribution in [-0.4, -0.2) is 23.2 Å². The topological polar surface area (TPSA) is 85.4 Å². The number of rotatable bonds is 3. The van der Waals surface area contributed by atoms with Crippen molar-refractivity contribution in [1.29, 1.82) is 0 Å². The second-order valence-corrected chi connectivity index (χ2v) is 4.77. The SMILES string of the molecule is COc1ccc(C)cc1-c1nc(N)sc1C(=O)O. The van der Waals surface area contributed by atoms with Crippen LogP contribution in [0.4, 0.5) is 5.13 Å². The van der Waals surface area contributed by atoms with Gasteiger partial charge in [0.2, 0.25) is 0 Å². The van der Waals surface area contributed by atoms with Crippen molar-refractivity contribution >= 4 is 22.4 Å². The fourth-order valence-corrected chi connectivity index (χ4v) is 2.36. The lowest BCUT2D eigenvalue weighted by Gasteiger charge is -2.08. The van der Waals surface area contributed by atoms with Gasteiger partial charge in [-0.3, -0.25) is 0 Å². The van der Waals surface area contributed by atoms with E-state index in [0.29, 0.717) is 17.0 Å². The van der Waals surface area contributed by atoms with Crippen LogP contribution in [-0.2, 0) is 0 Å². The molecule has 0 aliphatic carbocycles. The summed E-state index contributed by atoms with van der Waals surface area (Å²) in [5.41, 5.74) is 7.58. The van der Waals surface area contributed by atoms with Crippen LogP contribution >= 0.6 is 11.3 Å². The fraction of sp³-hybridized carbons (Fsp3) is 0.167. The summed E-state index contributed by atoms with van der Waals surface area (Å²) < 4.78 is 5.23. The van der Waals surface area contributed by atoms with Crippen molar-refractivity contribution in [2.45, 2.75) is 6.92 Å². The van der Waals surface area contributed by atoms with Gasteiger partial charge in [0.15, 0.2) is 5.13 Å². The molecule has 5 nitrogen and oxygen atoms in total. The third-order valence-corrected chi connectivity index (χ3v) is 3.32. The molecule has 18 heavy (non-hydrogen) atoms. The predicted octanol–water partition coefficient (Wildman–Crippen LogP) is 2.41. The summed E-state index contributed by atoms with van der Waals surface area (Å²) in [5.74, 6) is -0.462. The number of hydrogen-bond donors (Lipinski definition) is 2. The molecule has 2 aromatic rings. The van der Waals surface area contributed by atoms with Crippen molar-refractivity contribution in [3.05, 3.63) is 28.6 Å². The smallest absolute Gasteiger partial charge is 0.348 e. The van der Waals surface area contributed by atoms with Crippen molar-refractivity contribution in [3.8, 4) is 17.0 Å². The maximum absolute atomic E-state index is 11.2. The summed E-state index contributed by atoms with van der Waals surface area (Å²) in [4.78, 5) is 15.4. The van der Waals surface area contributed by atoms with Gasteiger partial charge in [0.25, 0.3) is 0 Å². The molecule has 0 atom stereocenters. The Balaban J connectivity index is 2.68. The number of thiazole rings is 1. The first kappa shape index (κ1) is 12.4. The van der Waals surface area contributed by atoms with E-state index in [1.807, 2.05) is 19.1 Å². The minimum absolute atomic E-state index is 0.122. The van der Waals surface area contributed by atoms with Gasteiger partial charge in [0.05, 0.1) is 7.11 Å². The predicted molar refractivity (Wildman–Crippen MR) is 70.2 cm³/mol. The van der Waals surface area contributed by atoms with Gasteiger partial charge in [-0.2, -0.15) is 0 Å². The second-order valence-electron chi connectivity index (χ2n) is 3.74. The largest absolute Gasteiger partial charge is 0.496 e. The molecule has 0 bridgehead atoms. The number of methoxy groups -OCH3 is 1. The summed E-state index contributed by atoms with van der Waals surface area (Å²) in [6, 6.07) is 5.50. The zero-order valence-corrected chi connectivity index (χ0v) is 10.7. The van der Waals surface area contributed by atoms with Crippen LogP contribution in [0.3, 0.4) is 0 Å². The van der Waals surface area contributed by atoms with Crippen molar-refractivity contribution in [2.75, 3.05) is 12.8 Å². The number of ether oxygens (including phenoxy) is 1. The monoisotopic (exact) mass is 264 g/mol. The average molecular weight is 264 g/mol. The quantitative estimate of drug-likeness (QED) is 0.889. The Morgan fingerprint density at radius 3 is 2.83 bits per heavy atom. The van der Waals surface area contributed by atoms with E-state index in [1.54, 1.807) is 6.07 Å². The van der Waals surface area contributed by atoms with Crippen LogP contribution in [0, 0.1) is 6.92 Å². The van der Waals surface area contributed by atoms with Crippen LogP contribution in [0.25, 0.3) is 11.3 Å². The minimum atomic E-state index is -1.04. The summed E-state index contributed by atoms with van der Waals surface area (Å²) in [6.45, 7) is 1.92.